The van der Waals surface area contributed by atoms with Crippen LogP contribution in [0.3, 0.4) is 0 Å². The van der Waals surface area contributed by atoms with Crippen LogP contribution in [0.2, 0.25) is 5.02 Å². The van der Waals surface area contributed by atoms with E-state index in [-0.39, 0.29) is 41.9 Å². The van der Waals surface area contributed by atoms with Gasteiger partial charge >= 0.3 is 6.03 Å². The first-order valence-corrected chi connectivity index (χ1v) is 13.0. The lowest BCUT2D eigenvalue weighted by Crippen LogP contribution is -2.54. The van der Waals surface area contributed by atoms with Crippen molar-refractivity contribution in [3.63, 3.8) is 0 Å². The molecular weight excluding hydrogens is 590 g/mol. The number of halogens is 2. The topological polar surface area (TPSA) is 114 Å². The quantitative estimate of drug-likeness (QED) is 0.257. The van der Waals surface area contributed by atoms with Gasteiger partial charge in [-0.1, -0.05) is 29.8 Å². The van der Waals surface area contributed by atoms with Crippen molar-refractivity contribution < 1.29 is 28.7 Å². The number of rotatable bonds is 8. The normalized spacial score (nSPS) is 14.3. The Balaban J connectivity index is 1.58. The lowest BCUT2D eigenvalue weighted by molar-refractivity contribution is -0.122. The number of hydrogen-bond donors (Lipinski definition) is 2. The predicted octanol–water partition coefficient (Wildman–Crippen LogP) is 5.49. The summed E-state index contributed by atoms with van der Waals surface area (Å²) >= 11 is 9.34. The standard InChI is InChI=1S/C28H23BrClN3O6/c1-3-38-23-14-17(13-21(29)25(23)39-15-24(34)31-22-7-5-4-6-16(22)2)12-20-26(35)32-28(37)33(27(20)36)19-10-8-18(30)9-11-19/h4-14H,3,15H2,1-2H3,(H,31,34)(H,32,35,37)/b20-12-. The number of nitrogens with one attached hydrogen (secondary N) is 2. The molecule has 2 N–H and O–H groups in total. The van der Waals surface area contributed by atoms with Crippen LogP contribution in [0.5, 0.6) is 11.5 Å². The molecule has 0 atom stereocenters. The van der Waals surface area contributed by atoms with Crippen molar-refractivity contribution in [2.24, 2.45) is 0 Å². The van der Waals surface area contributed by atoms with Gasteiger partial charge in [-0.05, 0) is 89.4 Å². The summed E-state index contributed by atoms with van der Waals surface area (Å²) in [5.74, 6) is -1.43. The monoisotopic (exact) mass is 611 g/mol. The van der Waals surface area contributed by atoms with Gasteiger partial charge in [0, 0.05) is 10.7 Å². The molecule has 4 rings (SSSR count). The summed E-state index contributed by atoms with van der Waals surface area (Å²) in [6.45, 7) is 3.67. The number of benzene rings is 3. The van der Waals surface area contributed by atoms with Gasteiger partial charge in [-0.25, -0.2) is 9.69 Å². The molecule has 0 spiro atoms. The minimum Gasteiger partial charge on any atom is -0.490 e. The first-order chi connectivity index (χ1) is 18.7. The summed E-state index contributed by atoms with van der Waals surface area (Å²) in [5, 5.41) is 5.41. The molecule has 39 heavy (non-hydrogen) atoms. The van der Waals surface area contributed by atoms with E-state index in [1.807, 2.05) is 25.1 Å². The average molecular weight is 613 g/mol. The fourth-order valence-corrected chi connectivity index (χ4v) is 4.46. The molecule has 0 aromatic heterocycles. The number of ether oxygens (including phenoxy) is 2. The third kappa shape index (κ3) is 6.47. The second-order valence-electron chi connectivity index (χ2n) is 8.35. The Morgan fingerprint density at radius 3 is 2.49 bits per heavy atom. The summed E-state index contributed by atoms with van der Waals surface area (Å²) < 4.78 is 11.9. The zero-order valence-electron chi connectivity index (χ0n) is 20.9. The molecule has 0 unspecified atom stereocenters. The number of urea groups is 1. The fourth-order valence-electron chi connectivity index (χ4n) is 3.76. The van der Waals surface area contributed by atoms with Crippen molar-refractivity contribution in [3.8, 4) is 11.5 Å². The van der Waals surface area contributed by atoms with E-state index in [0.29, 0.717) is 20.7 Å². The van der Waals surface area contributed by atoms with Crippen LogP contribution in [0.1, 0.15) is 18.1 Å². The van der Waals surface area contributed by atoms with Crippen molar-refractivity contribution >= 4 is 68.7 Å². The Bertz CT molecular complexity index is 1490. The molecule has 1 saturated heterocycles. The molecule has 0 radical (unpaired) electrons. The highest BCUT2D eigenvalue weighted by Gasteiger charge is 2.36. The van der Waals surface area contributed by atoms with Crippen LogP contribution in [-0.4, -0.2) is 37.0 Å². The summed E-state index contributed by atoms with van der Waals surface area (Å²) in [6.07, 6.45) is 1.34. The van der Waals surface area contributed by atoms with E-state index in [4.69, 9.17) is 21.1 Å². The summed E-state index contributed by atoms with van der Waals surface area (Å²) in [5.41, 5.74) is 2.01. The molecule has 9 nitrogen and oxygen atoms in total. The Labute approximate surface area is 237 Å². The minimum absolute atomic E-state index is 0.254. The van der Waals surface area contributed by atoms with E-state index in [9.17, 15) is 19.2 Å². The Hall–Kier alpha value is -4.15. The van der Waals surface area contributed by atoms with Crippen LogP contribution < -0.4 is 25.0 Å². The first kappa shape index (κ1) is 27.9. The van der Waals surface area contributed by atoms with Gasteiger partial charge in [-0.2, -0.15) is 0 Å². The number of barbiturate groups is 1. The number of nitrogens with zero attached hydrogens (tertiary/aromatic N) is 1. The third-order valence-corrected chi connectivity index (χ3v) is 6.44. The van der Waals surface area contributed by atoms with Crippen LogP contribution in [0, 0.1) is 6.92 Å². The molecule has 0 bridgehead atoms. The maximum atomic E-state index is 13.2. The van der Waals surface area contributed by atoms with Gasteiger partial charge in [0.05, 0.1) is 16.8 Å². The number of para-hydroxylation sites is 1. The van der Waals surface area contributed by atoms with Gasteiger partial charge in [0.2, 0.25) is 0 Å². The second-order valence-corrected chi connectivity index (χ2v) is 9.64. The van der Waals surface area contributed by atoms with Crippen molar-refractivity contribution in [1.29, 1.82) is 0 Å². The van der Waals surface area contributed by atoms with Crippen molar-refractivity contribution in [2.45, 2.75) is 13.8 Å². The summed E-state index contributed by atoms with van der Waals surface area (Å²) in [6, 6.07) is 15.7. The molecule has 1 aliphatic rings. The molecule has 1 heterocycles. The molecular formula is C28H23BrClN3O6. The van der Waals surface area contributed by atoms with Gasteiger partial charge in [0.15, 0.2) is 18.1 Å². The highest BCUT2D eigenvalue weighted by atomic mass is 79.9. The van der Waals surface area contributed by atoms with E-state index >= 15 is 0 Å². The van der Waals surface area contributed by atoms with Crippen molar-refractivity contribution in [2.75, 3.05) is 23.4 Å². The lowest BCUT2D eigenvalue weighted by atomic mass is 10.1. The zero-order valence-corrected chi connectivity index (χ0v) is 23.3. The maximum Gasteiger partial charge on any atom is 0.335 e. The number of amides is 5. The van der Waals surface area contributed by atoms with Gasteiger partial charge in [-0.15, -0.1) is 0 Å². The second kappa shape index (κ2) is 12.1. The number of hydrogen-bond acceptors (Lipinski definition) is 6. The third-order valence-electron chi connectivity index (χ3n) is 5.60. The van der Waals surface area contributed by atoms with Gasteiger partial charge < -0.3 is 14.8 Å². The first-order valence-electron chi connectivity index (χ1n) is 11.8. The molecule has 0 saturated carbocycles. The van der Waals surface area contributed by atoms with Gasteiger partial charge in [0.1, 0.15) is 5.57 Å². The molecule has 200 valence electrons. The number of carbonyl (C=O) groups is 4. The van der Waals surface area contributed by atoms with E-state index in [0.717, 1.165) is 10.5 Å². The number of carbonyl (C=O) groups excluding carboxylic acids is 4. The fraction of sp³-hybridized carbons (Fsp3) is 0.143. The largest absolute Gasteiger partial charge is 0.490 e. The Morgan fingerprint density at radius 1 is 1.08 bits per heavy atom. The van der Waals surface area contributed by atoms with E-state index in [2.05, 4.69) is 26.6 Å². The molecule has 3 aromatic carbocycles. The molecule has 1 fully saturated rings. The van der Waals surface area contributed by atoms with Crippen molar-refractivity contribution in [1.82, 2.24) is 5.32 Å². The van der Waals surface area contributed by atoms with E-state index < -0.39 is 17.8 Å². The zero-order chi connectivity index (χ0) is 28.1. The number of anilines is 2. The van der Waals surface area contributed by atoms with Crippen LogP contribution in [-0.2, 0) is 14.4 Å². The Morgan fingerprint density at radius 2 is 1.79 bits per heavy atom. The van der Waals surface area contributed by atoms with E-state index in [1.165, 1.54) is 30.3 Å². The molecule has 0 aliphatic carbocycles. The predicted molar refractivity (Wildman–Crippen MR) is 151 cm³/mol. The molecule has 1 aliphatic heterocycles. The summed E-state index contributed by atoms with van der Waals surface area (Å²) in [7, 11) is 0. The number of aryl methyl sites for hydroxylation is 1. The average Bonchev–Trinajstić information content (AvgIpc) is 2.88. The number of imide groups is 2. The van der Waals surface area contributed by atoms with Gasteiger partial charge in [0.25, 0.3) is 17.7 Å². The molecule has 11 heteroatoms. The van der Waals surface area contributed by atoms with Crippen LogP contribution >= 0.6 is 27.5 Å². The molecule has 3 aromatic rings. The highest BCUT2D eigenvalue weighted by Crippen LogP contribution is 2.38. The van der Waals surface area contributed by atoms with E-state index in [1.54, 1.807) is 25.1 Å². The molecule has 5 amide bonds. The SMILES string of the molecule is CCOc1cc(/C=C2/C(=O)NC(=O)N(c3ccc(Cl)cc3)C2=O)cc(Br)c1OCC(=O)Nc1ccccc1C. The van der Waals surface area contributed by atoms with Crippen molar-refractivity contribution in [3.05, 3.63) is 86.9 Å². The Kier molecular flexibility index (Phi) is 8.68. The lowest BCUT2D eigenvalue weighted by Gasteiger charge is -2.26. The van der Waals surface area contributed by atoms with Crippen LogP contribution in [0.15, 0.2) is 70.7 Å². The maximum absolute atomic E-state index is 13.2. The highest BCUT2D eigenvalue weighted by molar-refractivity contribution is 9.10. The van der Waals surface area contributed by atoms with Crippen LogP contribution in [0.25, 0.3) is 6.08 Å². The van der Waals surface area contributed by atoms with Gasteiger partial charge in [-0.3, -0.25) is 19.7 Å². The smallest absolute Gasteiger partial charge is 0.335 e. The van der Waals surface area contributed by atoms with Crippen LogP contribution in [0.4, 0.5) is 16.2 Å². The summed E-state index contributed by atoms with van der Waals surface area (Å²) in [4.78, 5) is 51.5. The minimum atomic E-state index is -0.867.